The van der Waals surface area contributed by atoms with E-state index in [9.17, 15) is 9.59 Å². The van der Waals surface area contributed by atoms with Gasteiger partial charge in [0.25, 0.3) is 0 Å². The first kappa shape index (κ1) is 15.1. The zero-order chi connectivity index (χ0) is 14.9. The Morgan fingerprint density at radius 1 is 1.45 bits per heavy atom. The first-order valence-electron chi connectivity index (χ1n) is 6.30. The minimum absolute atomic E-state index is 0.184. The summed E-state index contributed by atoms with van der Waals surface area (Å²) in [4.78, 5) is 23.8. The van der Waals surface area contributed by atoms with Gasteiger partial charge in [-0.3, -0.25) is 4.79 Å². The Hall–Kier alpha value is -1.26. The number of amides is 1. The highest BCUT2D eigenvalue weighted by Gasteiger charge is 2.49. The summed E-state index contributed by atoms with van der Waals surface area (Å²) in [6.45, 7) is 3.83. The lowest BCUT2D eigenvalue weighted by molar-refractivity contribution is -0.147. The van der Waals surface area contributed by atoms with E-state index in [1.807, 2.05) is 6.92 Å². The minimum atomic E-state index is -0.716. The Bertz CT molecular complexity index is 561. The van der Waals surface area contributed by atoms with Gasteiger partial charge in [-0.15, -0.1) is 0 Å². The summed E-state index contributed by atoms with van der Waals surface area (Å²) < 4.78 is 5.03. The van der Waals surface area contributed by atoms with Crippen LogP contribution < -0.4 is 5.32 Å². The van der Waals surface area contributed by atoms with Gasteiger partial charge in [-0.25, -0.2) is 4.79 Å². The van der Waals surface area contributed by atoms with Crippen LogP contribution in [-0.4, -0.2) is 24.5 Å². The monoisotopic (exact) mass is 315 g/mol. The third-order valence-corrected chi connectivity index (χ3v) is 4.31. The SMILES string of the molecule is CCOC(=O)C1NC(=O)CC1(C)c1ccc(Cl)c(Cl)c1. The summed E-state index contributed by atoms with van der Waals surface area (Å²) >= 11 is 11.9. The van der Waals surface area contributed by atoms with E-state index in [2.05, 4.69) is 5.32 Å². The molecule has 6 heteroatoms. The maximum Gasteiger partial charge on any atom is 0.329 e. The van der Waals surface area contributed by atoms with Crippen LogP contribution in [0, 0.1) is 0 Å². The van der Waals surface area contributed by atoms with Crippen molar-refractivity contribution in [2.45, 2.75) is 31.7 Å². The Morgan fingerprint density at radius 3 is 2.75 bits per heavy atom. The van der Waals surface area contributed by atoms with Crippen LogP contribution in [0.5, 0.6) is 0 Å². The van der Waals surface area contributed by atoms with Crippen molar-refractivity contribution < 1.29 is 14.3 Å². The molecule has 1 amide bonds. The quantitative estimate of drug-likeness (QED) is 0.872. The minimum Gasteiger partial charge on any atom is -0.464 e. The molecule has 0 saturated carbocycles. The van der Waals surface area contributed by atoms with Gasteiger partial charge in [0.1, 0.15) is 6.04 Å². The molecule has 1 N–H and O–H groups in total. The Labute approximate surface area is 127 Å². The number of hydrogen-bond donors (Lipinski definition) is 1. The molecule has 108 valence electrons. The number of benzene rings is 1. The lowest BCUT2D eigenvalue weighted by atomic mass is 9.76. The van der Waals surface area contributed by atoms with E-state index >= 15 is 0 Å². The van der Waals surface area contributed by atoms with E-state index in [1.54, 1.807) is 25.1 Å². The van der Waals surface area contributed by atoms with E-state index < -0.39 is 17.4 Å². The summed E-state index contributed by atoms with van der Waals surface area (Å²) in [5, 5.41) is 3.50. The maximum absolute atomic E-state index is 12.0. The number of carbonyl (C=O) groups is 2. The second-order valence-corrected chi connectivity index (χ2v) is 5.79. The molecule has 0 aliphatic carbocycles. The molecule has 20 heavy (non-hydrogen) atoms. The lowest BCUT2D eigenvalue weighted by Crippen LogP contribution is -2.45. The van der Waals surface area contributed by atoms with Crippen molar-refractivity contribution in [1.29, 1.82) is 0 Å². The fraction of sp³-hybridized carbons (Fsp3) is 0.429. The van der Waals surface area contributed by atoms with Gasteiger partial charge < -0.3 is 10.1 Å². The molecule has 2 atom stereocenters. The summed E-state index contributed by atoms with van der Waals surface area (Å²) in [5.74, 6) is -0.622. The van der Waals surface area contributed by atoms with Crippen molar-refractivity contribution in [3.63, 3.8) is 0 Å². The fourth-order valence-corrected chi connectivity index (χ4v) is 2.77. The second kappa shape index (κ2) is 5.62. The molecule has 2 unspecified atom stereocenters. The summed E-state index contributed by atoms with van der Waals surface area (Å²) in [5.41, 5.74) is 0.0840. The van der Waals surface area contributed by atoms with Crippen molar-refractivity contribution in [1.82, 2.24) is 5.32 Å². The lowest BCUT2D eigenvalue weighted by Gasteiger charge is -2.29. The van der Waals surface area contributed by atoms with E-state index in [0.717, 1.165) is 5.56 Å². The summed E-state index contributed by atoms with van der Waals surface area (Å²) in [6.07, 6.45) is 0.203. The van der Waals surface area contributed by atoms with Gasteiger partial charge >= 0.3 is 5.97 Å². The molecule has 1 heterocycles. The van der Waals surface area contributed by atoms with E-state index in [-0.39, 0.29) is 18.9 Å². The van der Waals surface area contributed by atoms with Gasteiger partial charge in [0.15, 0.2) is 0 Å². The molecule has 1 aromatic carbocycles. The molecular weight excluding hydrogens is 301 g/mol. The molecule has 2 rings (SSSR count). The highest BCUT2D eigenvalue weighted by Crippen LogP contribution is 2.38. The zero-order valence-corrected chi connectivity index (χ0v) is 12.7. The summed E-state index contributed by atoms with van der Waals surface area (Å²) in [6, 6.07) is 4.42. The maximum atomic E-state index is 12.0. The first-order chi connectivity index (χ1) is 9.38. The van der Waals surface area contributed by atoms with Crippen LogP contribution in [0.3, 0.4) is 0 Å². The van der Waals surface area contributed by atoms with Crippen molar-refractivity contribution in [2.75, 3.05) is 6.61 Å². The topological polar surface area (TPSA) is 55.4 Å². The average Bonchev–Trinajstić information content (AvgIpc) is 2.69. The number of nitrogens with one attached hydrogen (secondary N) is 1. The Balaban J connectivity index is 2.41. The zero-order valence-electron chi connectivity index (χ0n) is 11.2. The largest absolute Gasteiger partial charge is 0.464 e. The van der Waals surface area contributed by atoms with Crippen LogP contribution in [0.2, 0.25) is 10.0 Å². The number of hydrogen-bond acceptors (Lipinski definition) is 3. The molecule has 1 aromatic rings. The Morgan fingerprint density at radius 2 is 2.15 bits per heavy atom. The van der Waals surface area contributed by atoms with Crippen molar-refractivity contribution in [3.8, 4) is 0 Å². The van der Waals surface area contributed by atoms with Crippen LogP contribution in [0.15, 0.2) is 18.2 Å². The average molecular weight is 316 g/mol. The molecule has 0 bridgehead atoms. The van der Waals surface area contributed by atoms with Gasteiger partial charge in [-0.05, 0) is 24.6 Å². The van der Waals surface area contributed by atoms with Crippen LogP contribution in [0.1, 0.15) is 25.8 Å². The van der Waals surface area contributed by atoms with E-state index in [0.29, 0.717) is 10.0 Å². The Kier molecular flexibility index (Phi) is 4.25. The van der Waals surface area contributed by atoms with Crippen LogP contribution in [-0.2, 0) is 19.7 Å². The number of halogens is 2. The standard InChI is InChI=1S/C14H15Cl2NO3/c1-3-20-13(19)12-14(2,7-11(18)17-12)8-4-5-9(15)10(16)6-8/h4-6,12H,3,7H2,1-2H3,(H,17,18). The third kappa shape index (κ3) is 2.63. The van der Waals surface area contributed by atoms with Gasteiger partial charge in [-0.2, -0.15) is 0 Å². The molecule has 4 nitrogen and oxygen atoms in total. The predicted molar refractivity (Wildman–Crippen MR) is 77.0 cm³/mol. The number of esters is 1. The smallest absolute Gasteiger partial charge is 0.329 e. The van der Waals surface area contributed by atoms with Gasteiger partial charge in [0, 0.05) is 11.8 Å². The van der Waals surface area contributed by atoms with Crippen LogP contribution in [0.4, 0.5) is 0 Å². The van der Waals surface area contributed by atoms with E-state index in [1.165, 1.54) is 0 Å². The molecule has 0 spiro atoms. The molecule has 1 aliphatic rings. The normalized spacial score (nSPS) is 25.4. The van der Waals surface area contributed by atoms with Crippen LogP contribution in [0.25, 0.3) is 0 Å². The van der Waals surface area contributed by atoms with Crippen molar-refractivity contribution >= 4 is 35.1 Å². The van der Waals surface area contributed by atoms with Crippen molar-refractivity contribution in [2.24, 2.45) is 0 Å². The first-order valence-corrected chi connectivity index (χ1v) is 7.05. The predicted octanol–water partition coefficient (Wildman–Crippen LogP) is 2.70. The molecule has 1 saturated heterocycles. The summed E-state index contributed by atoms with van der Waals surface area (Å²) in [7, 11) is 0. The number of ether oxygens (including phenoxy) is 1. The van der Waals surface area contributed by atoms with Gasteiger partial charge in [0.2, 0.25) is 5.91 Å². The highest BCUT2D eigenvalue weighted by atomic mass is 35.5. The van der Waals surface area contributed by atoms with Gasteiger partial charge in [-0.1, -0.05) is 36.2 Å². The number of rotatable bonds is 3. The third-order valence-electron chi connectivity index (χ3n) is 3.57. The molecule has 1 aliphatic heterocycles. The van der Waals surface area contributed by atoms with Gasteiger partial charge in [0.05, 0.1) is 16.7 Å². The fourth-order valence-electron chi connectivity index (χ4n) is 2.47. The second-order valence-electron chi connectivity index (χ2n) is 4.98. The number of carbonyl (C=O) groups excluding carboxylic acids is 2. The molecule has 0 aromatic heterocycles. The van der Waals surface area contributed by atoms with E-state index in [4.69, 9.17) is 27.9 Å². The molecule has 0 radical (unpaired) electrons. The van der Waals surface area contributed by atoms with Crippen molar-refractivity contribution in [3.05, 3.63) is 33.8 Å². The van der Waals surface area contributed by atoms with Crippen LogP contribution >= 0.6 is 23.2 Å². The molecule has 1 fully saturated rings. The highest BCUT2D eigenvalue weighted by molar-refractivity contribution is 6.42. The molecular formula is C14H15Cl2NO3.